The van der Waals surface area contributed by atoms with Crippen molar-refractivity contribution in [1.29, 1.82) is 0 Å². The van der Waals surface area contributed by atoms with Crippen LogP contribution in [0.15, 0.2) is 72.9 Å². The van der Waals surface area contributed by atoms with Gasteiger partial charge in [-0.1, -0.05) is 65.7 Å². The van der Waals surface area contributed by atoms with Gasteiger partial charge in [0.15, 0.2) is 0 Å². The van der Waals surface area contributed by atoms with E-state index in [1.807, 2.05) is 24.3 Å². The molecule has 0 atom stereocenters. The maximum Gasteiger partial charge on any atom is 0.133 e. The van der Waals surface area contributed by atoms with E-state index < -0.39 is 0 Å². The molecule has 1 aliphatic carbocycles. The van der Waals surface area contributed by atoms with Crippen molar-refractivity contribution in [2.45, 2.75) is 18.9 Å². The Kier molecular flexibility index (Phi) is 5.77. The lowest BCUT2D eigenvalue weighted by molar-refractivity contribution is 0.415. The minimum Gasteiger partial charge on any atom is -0.497 e. The van der Waals surface area contributed by atoms with Crippen molar-refractivity contribution < 1.29 is 4.74 Å². The summed E-state index contributed by atoms with van der Waals surface area (Å²) in [5.41, 5.74) is 5.22. The zero-order valence-electron chi connectivity index (χ0n) is 17.6. The number of rotatable bonds is 6. The lowest BCUT2D eigenvalue weighted by atomic mass is 10.0. The van der Waals surface area contributed by atoms with Crippen molar-refractivity contribution in [1.82, 2.24) is 9.55 Å². The van der Waals surface area contributed by atoms with E-state index in [0.29, 0.717) is 16.1 Å². The second-order valence-corrected chi connectivity index (χ2v) is 8.77. The molecule has 3 nitrogen and oxygen atoms in total. The first-order chi connectivity index (χ1) is 15.6. The summed E-state index contributed by atoms with van der Waals surface area (Å²) < 4.78 is 7.49. The van der Waals surface area contributed by atoms with Crippen LogP contribution in [0.3, 0.4) is 0 Å². The molecule has 1 saturated carbocycles. The number of aromatic nitrogens is 2. The first-order valence-corrected chi connectivity index (χ1v) is 11.3. The van der Waals surface area contributed by atoms with Crippen molar-refractivity contribution in [2.75, 3.05) is 7.11 Å². The Hall–Kier alpha value is -3.01. The number of halogens is 2. The fourth-order valence-corrected chi connectivity index (χ4v) is 4.25. The molecule has 1 heterocycles. The van der Waals surface area contributed by atoms with E-state index in [1.54, 1.807) is 13.2 Å². The Morgan fingerprint density at radius 1 is 0.906 bits per heavy atom. The Morgan fingerprint density at radius 2 is 1.59 bits per heavy atom. The molecule has 0 saturated heterocycles. The molecule has 0 bridgehead atoms. The maximum absolute atomic E-state index is 6.42. The number of nitrogens with zero attached hydrogens (tertiary/aromatic N) is 2. The minimum atomic E-state index is 0.513. The highest BCUT2D eigenvalue weighted by atomic mass is 35.5. The zero-order valence-corrected chi connectivity index (χ0v) is 19.1. The second kappa shape index (κ2) is 8.85. The molecule has 1 aromatic heterocycles. The van der Waals surface area contributed by atoms with E-state index in [-0.39, 0.29) is 0 Å². The topological polar surface area (TPSA) is 27.1 Å². The van der Waals surface area contributed by atoms with E-state index in [2.05, 4.69) is 59.3 Å². The molecule has 0 unspecified atom stereocenters. The lowest BCUT2D eigenvalue weighted by Gasteiger charge is -2.04. The smallest absolute Gasteiger partial charge is 0.133 e. The van der Waals surface area contributed by atoms with Gasteiger partial charge in [-0.15, -0.1) is 0 Å². The Labute approximate surface area is 197 Å². The van der Waals surface area contributed by atoms with Crippen LogP contribution in [0.4, 0.5) is 0 Å². The van der Waals surface area contributed by atoms with Gasteiger partial charge < -0.3 is 9.30 Å². The van der Waals surface area contributed by atoms with E-state index in [4.69, 9.17) is 32.9 Å². The Morgan fingerprint density at radius 3 is 2.22 bits per heavy atom. The molecule has 0 aliphatic heterocycles. The highest BCUT2D eigenvalue weighted by Gasteiger charge is 2.26. The van der Waals surface area contributed by atoms with Crippen LogP contribution >= 0.6 is 23.2 Å². The van der Waals surface area contributed by atoms with Crippen molar-refractivity contribution in [3.05, 3.63) is 94.4 Å². The number of imidazole rings is 1. The monoisotopic (exact) mass is 460 g/mol. The number of ether oxygens (including phenoxy) is 1. The van der Waals surface area contributed by atoms with Gasteiger partial charge in [-0.3, -0.25) is 0 Å². The SMILES string of the molecule is COc1ccc(-c2ccc(/C=C/c3nc(-c4ccc(Cl)cc4Cl)cn3C3CC3)cc2)cc1. The molecule has 5 heteroatoms. The van der Waals surface area contributed by atoms with Gasteiger partial charge in [0.1, 0.15) is 11.6 Å². The fourth-order valence-electron chi connectivity index (χ4n) is 3.74. The highest BCUT2D eigenvalue weighted by molar-refractivity contribution is 6.36. The van der Waals surface area contributed by atoms with E-state index in [9.17, 15) is 0 Å². The van der Waals surface area contributed by atoms with Gasteiger partial charge in [-0.2, -0.15) is 0 Å². The van der Waals surface area contributed by atoms with Crippen LogP contribution in [0.2, 0.25) is 10.0 Å². The Balaban J connectivity index is 1.39. The van der Waals surface area contributed by atoms with Crippen LogP contribution in [0.1, 0.15) is 30.3 Å². The summed E-state index contributed by atoms with van der Waals surface area (Å²) in [6.45, 7) is 0. The normalized spacial score (nSPS) is 13.6. The van der Waals surface area contributed by atoms with Gasteiger partial charge in [0.25, 0.3) is 0 Å². The molecule has 3 aromatic carbocycles. The van der Waals surface area contributed by atoms with E-state index in [1.165, 1.54) is 18.4 Å². The van der Waals surface area contributed by atoms with Crippen LogP contribution in [0.25, 0.3) is 34.5 Å². The highest BCUT2D eigenvalue weighted by Crippen LogP contribution is 2.39. The van der Waals surface area contributed by atoms with Gasteiger partial charge >= 0.3 is 0 Å². The minimum absolute atomic E-state index is 0.513. The molecule has 0 spiro atoms. The molecular formula is C27H22Cl2N2O. The van der Waals surface area contributed by atoms with Gasteiger partial charge in [0, 0.05) is 22.8 Å². The fraction of sp³-hybridized carbons (Fsp3) is 0.148. The first-order valence-electron chi connectivity index (χ1n) is 10.6. The van der Waals surface area contributed by atoms with Crippen LogP contribution in [0.5, 0.6) is 5.75 Å². The summed E-state index contributed by atoms with van der Waals surface area (Å²) >= 11 is 12.5. The first kappa shape index (κ1) is 20.9. The van der Waals surface area contributed by atoms with Gasteiger partial charge in [0.2, 0.25) is 0 Å². The molecule has 4 aromatic rings. The molecule has 32 heavy (non-hydrogen) atoms. The van der Waals surface area contributed by atoms with Crippen LogP contribution < -0.4 is 4.74 Å². The summed E-state index contributed by atoms with van der Waals surface area (Å²) in [6, 6.07) is 22.6. The summed E-state index contributed by atoms with van der Waals surface area (Å²) in [7, 11) is 1.68. The number of benzene rings is 3. The van der Waals surface area contributed by atoms with Crippen LogP contribution in [-0.4, -0.2) is 16.7 Å². The maximum atomic E-state index is 6.42. The standard InChI is InChI=1S/C27H22Cl2N2O/c1-32-23-12-7-20(8-13-23)19-5-2-18(3-6-19)4-15-27-30-26(17-31(27)22-10-11-22)24-14-9-21(28)16-25(24)29/h2-9,12-17,22H,10-11H2,1H3/b15-4+. The van der Waals surface area contributed by atoms with Gasteiger partial charge in [-0.05, 0) is 65.9 Å². The number of hydrogen-bond acceptors (Lipinski definition) is 2. The molecule has 0 radical (unpaired) electrons. The molecule has 1 fully saturated rings. The molecular weight excluding hydrogens is 439 g/mol. The lowest BCUT2D eigenvalue weighted by Crippen LogP contribution is -1.94. The van der Waals surface area contributed by atoms with Crippen LogP contribution in [-0.2, 0) is 0 Å². The third kappa shape index (κ3) is 4.45. The molecule has 0 N–H and O–H groups in total. The van der Waals surface area contributed by atoms with Crippen molar-refractivity contribution in [3.63, 3.8) is 0 Å². The third-order valence-electron chi connectivity index (χ3n) is 5.67. The van der Waals surface area contributed by atoms with E-state index >= 15 is 0 Å². The average Bonchev–Trinajstić information content (AvgIpc) is 3.58. The zero-order chi connectivity index (χ0) is 22.1. The number of methoxy groups -OCH3 is 1. The second-order valence-electron chi connectivity index (χ2n) is 7.93. The molecule has 5 rings (SSSR count). The molecule has 1 aliphatic rings. The third-order valence-corrected chi connectivity index (χ3v) is 6.21. The van der Waals surface area contributed by atoms with Gasteiger partial charge in [0.05, 0.1) is 17.8 Å². The molecule has 160 valence electrons. The quantitative estimate of drug-likeness (QED) is 0.291. The summed E-state index contributed by atoms with van der Waals surface area (Å²) in [4.78, 5) is 4.87. The predicted octanol–water partition coefficient (Wildman–Crippen LogP) is 8.04. The number of hydrogen-bond donors (Lipinski definition) is 0. The predicted molar refractivity (Wildman–Crippen MR) is 133 cm³/mol. The van der Waals surface area contributed by atoms with Crippen molar-refractivity contribution in [2.24, 2.45) is 0 Å². The summed E-state index contributed by atoms with van der Waals surface area (Å²) in [5, 5.41) is 1.24. The van der Waals surface area contributed by atoms with Gasteiger partial charge in [-0.25, -0.2) is 4.98 Å². The van der Waals surface area contributed by atoms with Crippen molar-refractivity contribution in [3.8, 4) is 28.1 Å². The average molecular weight is 461 g/mol. The van der Waals surface area contributed by atoms with Crippen LogP contribution in [0, 0.1) is 0 Å². The molecule has 0 amide bonds. The summed E-state index contributed by atoms with van der Waals surface area (Å²) in [5.74, 6) is 1.80. The largest absolute Gasteiger partial charge is 0.497 e. The van der Waals surface area contributed by atoms with Crippen molar-refractivity contribution >= 4 is 35.4 Å². The van der Waals surface area contributed by atoms with E-state index in [0.717, 1.165) is 34.0 Å². The summed E-state index contributed by atoms with van der Waals surface area (Å²) in [6.07, 6.45) is 8.64. The Bertz CT molecular complexity index is 1270.